The van der Waals surface area contributed by atoms with Crippen LogP contribution in [-0.4, -0.2) is 60.6 Å². The molecule has 1 saturated heterocycles. The van der Waals surface area contributed by atoms with Crippen molar-refractivity contribution < 1.29 is 9.53 Å². The van der Waals surface area contributed by atoms with Crippen LogP contribution in [0.4, 0.5) is 5.82 Å². The molecule has 1 aliphatic rings. The van der Waals surface area contributed by atoms with Gasteiger partial charge in [-0.3, -0.25) is 4.79 Å². The van der Waals surface area contributed by atoms with Gasteiger partial charge in [-0.2, -0.15) is 0 Å². The maximum absolute atomic E-state index is 12.4. The summed E-state index contributed by atoms with van der Waals surface area (Å²) in [6, 6.07) is 7.39. The van der Waals surface area contributed by atoms with Crippen molar-refractivity contribution in [2.24, 2.45) is 0 Å². The lowest BCUT2D eigenvalue weighted by Gasteiger charge is -2.34. The summed E-state index contributed by atoms with van der Waals surface area (Å²) in [6.07, 6.45) is 3.40. The molecule has 138 valence electrons. The lowest BCUT2D eigenvalue weighted by molar-refractivity contribution is 0.0947. The fourth-order valence-corrected chi connectivity index (χ4v) is 3.04. The number of hydrogen-bond acceptors (Lipinski definition) is 6. The van der Waals surface area contributed by atoms with Gasteiger partial charge < -0.3 is 19.9 Å². The van der Waals surface area contributed by atoms with Crippen molar-refractivity contribution in [1.82, 2.24) is 20.2 Å². The molecular formula is C19H25N5O2. The van der Waals surface area contributed by atoms with Crippen LogP contribution in [0, 0.1) is 0 Å². The number of nitrogens with one attached hydrogen (secondary N) is 1. The highest BCUT2D eigenvalue weighted by molar-refractivity contribution is 5.96. The molecule has 1 amide bonds. The molecule has 0 aromatic carbocycles. The molecule has 1 fully saturated rings. The Labute approximate surface area is 154 Å². The van der Waals surface area contributed by atoms with E-state index in [1.54, 1.807) is 24.5 Å². The van der Waals surface area contributed by atoms with Crippen molar-refractivity contribution in [1.29, 1.82) is 0 Å². The van der Waals surface area contributed by atoms with Crippen molar-refractivity contribution in [2.45, 2.75) is 13.5 Å². The maximum atomic E-state index is 12.4. The van der Waals surface area contributed by atoms with Crippen LogP contribution in [0.2, 0.25) is 0 Å². The number of carbonyl (C=O) groups is 1. The first-order valence-corrected chi connectivity index (χ1v) is 8.90. The fourth-order valence-electron chi connectivity index (χ4n) is 3.04. The number of pyridine rings is 2. The maximum Gasteiger partial charge on any atom is 0.257 e. The van der Waals surface area contributed by atoms with Gasteiger partial charge in [0.25, 0.3) is 5.91 Å². The highest BCUT2D eigenvalue weighted by Gasteiger charge is 2.17. The molecule has 1 aliphatic heterocycles. The number of nitrogens with zero attached hydrogens (tertiary/aromatic N) is 4. The molecule has 0 saturated carbocycles. The Morgan fingerprint density at radius 3 is 2.73 bits per heavy atom. The molecule has 7 nitrogen and oxygen atoms in total. The SMILES string of the molecule is CCN1CCN(c2cc(CNC(=O)c3cccnc3OC)ccn2)CC1. The lowest BCUT2D eigenvalue weighted by Crippen LogP contribution is -2.46. The first-order chi connectivity index (χ1) is 12.7. The van der Waals surface area contributed by atoms with Gasteiger partial charge in [-0.1, -0.05) is 6.92 Å². The minimum atomic E-state index is -0.204. The minimum Gasteiger partial charge on any atom is -0.480 e. The van der Waals surface area contributed by atoms with Crippen LogP contribution in [0.1, 0.15) is 22.8 Å². The normalized spacial score (nSPS) is 14.9. The molecule has 0 aliphatic carbocycles. The standard InChI is InChI=1S/C19H25N5O2/c1-3-23-9-11-24(12-10-23)17-13-15(6-8-20-17)14-22-18(25)16-5-4-7-21-19(16)26-2/h4-8,13H,3,9-12,14H2,1-2H3,(H,22,25). The number of methoxy groups -OCH3 is 1. The molecule has 7 heteroatoms. The quantitative estimate of drug-likeness (QED) is 0.848. The van der Waals surface area contributed by atoms with E-state index < -0.39 is 0 Å². The van der Waals surface area contributed by atoms with Gasteiger partial charge in [0.2, 0.25) is 5.88 Å². The molecule has 0 radical (unpaired) electrons. The van der Waals surface area contributed by atoms with Crippen molar-refractivity contribution >= 4 is 11.7 Å². The van der Waals surface area contributed by atoms with Gasteiger partial charge in [-0.15, -0.1) is 0 Å². The predicted molar refractivity (Wildman–Crippen MR) is 101 cm³/mol. The number of amides is 1. The Morgan fingerprint density at radius 1 is 1.19 bits per heavy atom. The molecular weight excluding hydrogens is 330 g/mol. The number of anilines is 1. The highest BCUT2D eigenvalue weighted by atomic mass is 16.5. The Balaban J connectivity index is 1.61. The number of carbonyl (C=O) groups excluding carboxylic acids is 1. The van der Waals surface area contributed by atoms with Gasteiger partial charge >= 0.3 is 0 Å². The third kappa shape index (κ3) is 4.29. The topological polar surface area (TPSA) is 70.6 Å². The third-order valence-electron chi connectivity index (χ3n) is 4.62. The van der Waals surface area contributed by atoms with Crippen LogP contribution >= 0.6 is 0 Å². The van der Waals surface area contributed by atoms with Crippen molar-refractivity contribution in [3.8, 4) is 5.88 Å². The molecule has 3 heterocycles. The summed E-state index contributed by atoms with van der Waals surface area (Å²) in [7, 11) is 1.51. The zero-order valence-corrected chi connectivity index (χ0v) is 15.3. The van der Waals surface area contributed by atoms with Crippen LogP contribution in [0.15, 0.2) is 36.7 Å². The van der Waals surface area contributed by atoms with E-state index in [1.165, 1.54) is 7.11 Å². The smallest absolute Gasteiger partial charge is 0.257 e. The van der Waals surface area contributed by atoms with E-state index in [1.807, 2.05) is 12.1 Å². The second-order valence-corrected chi connectivity index (χ2v) is 6.19. The Hall–Kier alpha value is -2.67. The van der Waals surface area contributed by atoms with Gasteiger partial charge in [0.1, 0.15) is 11.4 Å². The second kappa shape index (κ2) is 8.62. The summed E-state index contributed by atoms with van der Waals surface area (Å²) in [5, 5.41) is 2.92. The zero-order chi connectivity index (χ0) is 18.4. The zero-order valence-electron chi connectivity index (χ0n) is 15.3. The van der Waals surface area contributed by atoms with E-state index in [2.05, 4.69) is 32.0 Å². The number of rotatable bonds is 6. The Morgan fingerprint density at radius 2 is 2.00 bits per heavy atom. The summed E-state index contributed by atoms with van der Waals surface area (Å²) in [4.78, 5) is 25.7. The number of ether oxygens (including phenoxy) is 1. The Kier molecular flexibility index (Phi) is 6.01. The summed E-state index contributed by atoms with van der Waals surface area (Å²) in [5.74, 6) is 1.09. The molecule has 0 atom stereocenters. The van der Waals surface area contributed by atoms with Crippen LogP contribution in [0.3, 0.4) is 0 Å². The molecule has 1 N–H and O–H groups in total. The van der Waals surface area contributed by atoms with E-state index in [9.17, 15) is 4.79 Å². The number of likely N-dealkylation sites (N-methyl/N-ethyl adjacent to an activating group) is 1. The van der Waals surface area contributed by atoms with E-state index in [0.717, 1.165) is 44.1 Å². The summed E-state index contributed by atoms with van der Waals surface area (Å²) < 4.78 is 5.14. The van der Waals surface area contributed by atoms with Crippen molar-refractivity contribution in [2.75, 3.05) is 44.7 Å². The molecule has 2 aromatic rings. The number of piperazine rings is 1. The predicted octanol–water partition coefficient (Wildman–Crippen LogP) is 1.56. The third-order valence-corrected chi connectivity index (χ3v) is 4.62. The van der Waals surface area contributed by atoms with E-state index >= 15 is 0 Å². The van der Waals surface area contributed by atoms with Gasteiger partial charge in [0.05, 0.1) is 7.11 Å². The monoisotopic (exact) mass is 355 g/mol. The van der Waals surface area contributed by atoms with Gasteiger partial charge in [0, 0.05) is 45.1 Å². The van der Waals surface area contributed by atoms with Gasteiger partial charge in [0.15, 0.2) is 0 Å². The first kappa shape index (κ1) is 18.1. The van der Waals surface area contributed by atoms with Crippen LogP contribution < -0.4 is 15.0 Å². The van der Waals surface area contributed by atoms with Gasteiger partial charge in [-0.05, 0) is 36.4 Å². The summed E-state index contributed by atoms with van der Waals surface area (Å²) in [5.41, 5.74) is 1.45. The lowest BCUT2D eigenvalue weighted by atomic mass is 10.2. The first-order valence-electron chi connectivity index (χ1n) is 8.90. The summed E-state index contributed by atoms with van der Waals surface area (Å²) in [6.45, 7) is 7.77. The molecule has 2 aromatic heterocycles. The van der Waals surface area contributed by atoms with E-state index in [0.29, 0.717) is 18.0 Å². The molecule has 0 unspecified atom stereocenters. The fraction of sp³-hybridized carbons (Fsp3) is 0.421. The average Bonchev–Trinajstić information content (AvgIpc) is 2.72. The average molecular weight is 355 g/mol. The van der Waals surface area contributed by atoms with Gasteiger partial charge in [-0.25, -0.2) is 9.97 Å². The van der Waals surface area contributed by atoms with Crippen LogP contribution in [-0.2, 0) is 6.54 Å². The molecule has 26 heavy (non-hydrogen) atoms. The number of hydrogen-bond donors (Lipinski definition) is 1. The van der Waals surface area contributed by atoms with Crippen LogP contribution in [0.25, 0.3) is 0 Å². The highest BCUT2D eigenvalue weighted by Crippen LogP contribution is 2.16. The van der Waals surface area contributed by atoms with E-state index in [-0.39, 0.29) is 5.91 Å². The Bertz CT molecular complexity index is 744. The molecule has 0 bridgehead atoms. The van der Waals surface area contributed by atoms with Crippen LogP contribution in [0.5, 0.6) is 5.88 Å². The second-order valence-electron chi connectivity index (χ2n) is 6.19. The molecule has 0 spiro atoms. The van der Waals surface area contributed by atoms with Crippen molar-refractivity contribution in [3.05, 3.63) is 47.8 Å². The van der Waals surface area contributed by atoms with E-state index in [4.69, 9.17) is 4.74 Å². The number of aromatic nitrogens is 2. The van der Waals surface area contributed by atoms with Crippen molar-refractivity contribution in [3.63, 3.8) is 0 Å². The minimum absolute atomic E-state index is 0.204. The largest absolute Gasteiger partial charge is 0.480 e. The summed E-state index contributed by atoms with van der Waals surface area (Å²) >= 11 is 0. The molecule has 3 rings (SSSR count).